The number of fused-ring (bicyclic) bond motifs is 3. The predicted molar refractivity (Wildman–Crippen MR) is 118 cm³/mol. The van der Waals surface area contributed by atoms with Gasteiger partial charge in [0.2, 0.25) is 5.91 Å². The van der Waals surface area contributed by atoms with Crippen LogP contribution >= 0.6 is 11.3 Å². The quantitative estimate of drug-likeness (QED) is 0.670. The molecule has 0 bridgehead atoms. The van der Waals surface area contributed by atoms with Crippen LogP contribution in [0.15, 0.2) is 24.5 Å². The number of aryl methyl sites for hydroxylation is 1. The zero-order chi connectivity index (χ0) is 20.4. The molecule has 6 nitrogen and oxygen atoms in total. The van der Waals surface area contributed by atoms with E-state index >= 15 is 0 Å². The zero-order valence-corrected chi connectivity index (χ0v) is 18.1. The van der Waals surface area contributed by atoms with Gasteiger partial charge < -0.3 is 10.2 Å². The number of carbonyl (C=O) groups is 1. The molecule has 1 atom stereocenters. The third kappa shape index (κ3) is 4.10. The maximum atomic E-state index is 12.3. The van der Waals surface area contributed by atoms with E-state index in [0.29, 0.717) is 18.3 Å². The summed E-state index contributed by atoms with van der Waals surface area (Å²) in [6, 6.07) is 3.87. The number of aromatic nitrogens is 3. The topological polar surface area (TPSA) is 71.0 Å². The van der Waals surface area contributed by atoms with Gasteiger partial charge in [-0.15, -0.1) is 11.3 Å². The highest BCUT2D eigenvalue weighted by molar-refractivity contribution is 7.19. The molecule has 1 aliphatic carbocycles. The molecule has 3 aromatic rings. The summed E-state index contributed by atoms with van der Waals surface area (Å²) in [6.07, 6.45) is 7.79. The van der Waals surface area contributed by atoms with E-state index in [0.717, 1.165) is 40.9 Å². The Morgan fingerprint density at radius 3 is 3.00 bits per heavy atom. The zero-order valence-electron chi connectivity index (χ0n) is 17.2. The van der Waals surface area contributed by atoms with E-state index in [2.05, 4.69) is 24.1 Å². The highest BCUT2D eigenvalue weighted by atomic mass is 32.1. The van der Waals surface area contributed by atoms with Crippen molar-refractivity contribution in [2.45, 2.75) is 39.5 Å². The number of amides is 1. The first-order chi connectivity index (χ1) is 14.1. The molecule has 7 heteroatoms. The maximum absolute atomic E-state index is 12.3. The second-order valence-electron chi connectivity index (χ2n) is 7.85. The van der Waals surface area contributed by atoms with Gasteiger partial charge in [0.15, 0.2) is 5.82 Å². The Hall–Kier alpha value is -2.54. The lowest BCUT2D eigenvalue weighted by molar-refractivity contribution is -0.119. The van der Waals surface area contributed by atoms with Gasteiger partial charge in [0.1, 0.15) is 10.6 Å². The van der Waals surface area contributed by atoms with E-state index in [4.69, 9.17) is 9.97 Å². The highest BCUT2D eigenvalue weighted by Gasteiger charge is 2.26. The van der Waals surface area contributed by atoms with Crippen molar-refractivity contribution < 1.29 is 4.79 Å². The van der Waals surface area contributed by atoms with Crippen LogP contribution in [0, 0.1) is 5.92 Å². The van der Waals surface area contributed by atoms with Gasteiger partial charge in [-0.25, -0.2) is 9.97 Å². The molecule has 1 amide bonds. The van der Waals surface area contributed by atoms with Crippen molar-refractivity contribution in [1.29, 1.82) is 0 Å². The van der Waals surface area contributed by atoms with Gasteiger partial charge in [-0.2, -0.15) is 0 Å². The number of pyridine rings is 1. The highest BCUT2D eigenvalue weighted by Crippen LogP contribution is 2.41. The Labute approximate surface area is 175 Å². The molecule has 4 rings (SSSR count). The number of rotatable bonds is 6. The first-order valence-corrected chi connectivity index (χ1v) is 11.1. The van der Waals surface area contributed by atoms with Crippen LogP contribution in [0.25, 0.3) is 21.6 Å². The summed E-state index contributed by atoms with van der Waals surface area (Å²) in [7, 11) is 1.94. The van der Waals surface area contributed by atoms with Gasteiger partial charge in [-0.3, -0.25) is 9.78 Å². The average molecular weight is 410 g/mol. The summed E-state index contributed by atoms with van der Waals surface area (Å²) in [5.74, 6) is 2.21. The second kappa shape index (κ2) is 8.45. The monoisotopic (exact) mass is 409 g/mol. The minimum absolute atomic E-state index is 0.0155. The van der Waals surface area contributed by atoms with Crippen LogP contribution < -0.4 is 10.2 Å². The smallest absolute Gasteiger partial charge is 0.239 e. The van der Waals surface area contributed by atoms with Gasteiger partial charge in [0.25, 0.3) is 0 Å². The molecule has 0 aromatic carbocycles. The molecular formula is C22H27N5OS. The van der Waals surface area contributed by atoms with Gasteiger partial charge in [-0.1, -0.05) is 13.8 Å². The fourth-order valence-electron chi connectivity index (χ4n) is 3.83. The van der Waals surface area contributed by atoms with Crippen molar-refractivity contribution in [2.24, 2.45) is 5.92 Å². The summed E-state index contributed by atoms with van der Waals surface area (Å²) in [4.78, 5) is 30.7. The van der Waals surface area contributed by atoms with Crippen LogP contribution in [0.5, 0.6) is 0 Å². The van der Waals surface area contributed by atoms with Gasteiger partial charge in [0, 0.05) is 36.4 Å². The number of nitrogens with zero attached hydrogens (tertiary/aromatic N) is 4. The molecule has 0 unspecified atom stereocenters. The van der Waals surface area contributed by atoms with Gasteiger partial charge in [0.05, 0.1) is 11.9 Å². The molecule has 0 saturated carbocycles. The van der Waals surface area contributed by atoms with E-state index in [9.17, 15) is 4.79 Å². The molecule has 152 valence electrons. The summed E-state index contributed by atoms with van der Waals surface area (Å²) in [5.41, 5.74) is 2.26. The Morgan fingerprint density at radius 2 is 2.24 bits per heavy atom. The lowest BCUT2D eigenvalue weighted by atomic mass is 9.89. The number of thiophene rings is 1. The molecule has 0 saturated heterocycles. The molecule has 3 heterocycles. The summed E-state index contributed by atoms with van der Waals surface area (Å²) < 4.78 is 0. The van der Waals surface area contributed by atoms with Gasteiger partial charge >= 0.3 is 0 Å². The largest absolute Gasteiger partial charge is 0.355 e. The molecule has 0 radical (unpaired) electrons. The number of anilines is 1. The lowest BCUT2D eigenvalue weighted by Crippen LogP contribution is -2.36. The molecule has 0 fully saturated rings. The van der Waals surface area contributed by atoms with E-state index in [-0.39, 0.29) is 12.5 Å². The van der Waals surface area contributed by atoms with Crippen LogP contribution in [-0.4, -0.2) is 41.0 Å². The van der Waals surface area contributed by atoms with Crippen molar-refractivity contribution in [1.82, 2.24) is 20.3 Å². The third-order valence-electron chi connectivity index (χ3n) is 5.37. The van der Waals surface area contributed by atoms with Crippen molar-refractivity contribution in [3.05, 3.63) is 35.0 Å². The van der Waals surface area contributed by atoms with Crippen LogP contribution in [0.4, 0.5) is 5.82 Å². The fourth-order valence-corrected chi connectivity index (χ4v) is 5.21. The van der Waals surface area contributed by atoms with E-state index in [1.165, 1.54) is 16.9 Å². The molecular weight excluding hydrogens is 382 g/mol. The van der Waals surface area contributed by atoms with E-state index < -0.39 is 0 Å². The Kier molecular flexibility index (Phi) is 5.76. The van der Waals surface area contributed by atoms with Crippen LogP contribution in [0.2, 0.25) is 0 Å². The number of hydrogen-bond acceptors (Lipinski definition) is 6. The predicted octanol–water partition coefficient (Wildman–Crippen LogP) is 3.84. The first kappa shape index (κ1) is 19.8. The molecule has 0 aliphatic heterocycles. The van der Waals surface area contributed by atoms with Gasteiger partial charge in [-0.05, 0) is 49.3 Å². The van der Waals surface area contributed by atoms with Crippen LogP contribution in [0.3, 0.4) is 0 Å². The third-order valence-corrected chi connectivity index (χ3v) is 6.52. The Balaban J connectivity index is 1.80. The van der Waals surface area contributed by atoms with E-state index in [1.54, 1.807) is 23.7 Å². The standard InChI is InChI=1S/C22H27N5OS/c1-4-9-24-18(28)13-27(3)21-19-16-8-7-14(2)11-17(16)29-22(19)26-20(25-21)15-6-5-10-23-12-15/h5-6,10,12,14H,4,7-9,11,13H2,1-3H3,(H,24,28)/t14-/m1/s1. The molecule has 3 aromatic heterocycles. The van der Waals surface area contributed by atoms with Crippen molar-refractivity contribution in [3.63, 3.8) is 0 Å². The van der Waals surface area contributed by atoms with Crippen molar-refractivity contribution in [3.8, 4) is 11.4 Å². The van der Waals surface area contributed by atoms with Crippen molar-refractivity contribution >= 4 is 33.3 Å². The SMILES string of the molecule is CCCNC(=O)CN(C)c1nc(-c2cccnc2)nc2sc3c(c12)CC[C@@H](C)C3. The average Bonchev–Trinajstić information content (AvgIpc) is 3.09. The van der Waals surface area contributed by atoms with Crippen molar-refractivity contribution in [2.75, 3.05) is 25.0 Å². The number of likely N-dealkylation sites (N-methyl/N-ethyl adjacent to an activating group) is 1. The summed E-state index contributed by atoms with van der Waals surface area (Å²) in [6.45, 7) is 5.33. The molecule has 1 aliphatic rings. The normalized spacial score (nSPS) is 15.9. The summed E-state index contributed by atoms with van der Waals surface area (Å²) >= 11 is 1.78. The fraction of sp³-hybridized carbons (Fsp3) is 0.455. The van der Waals surface area contributed by atoms with E-state index in [1.807, 2.05) is 24.1 Å². The molecule has 1 N–H and O–H groups in total. The molecule has 29 heavy (non-hydrogen) atoms. The number of nitrogens with one attached hydrogen (secondary N) is 1. The maximum Gasteiger partial charge on any atom is 0.239 e. The first-order valence-electron chi connectivity index (χ1n) is 10.3. The lowest BCUT2D eigenvalue weighted by Gasteiger charge is -2.22. The minimum Gasteiger partial charge on any atom is -0.355 e. The van der Waals surface area contributed by atoms with Crippen LogP contribution in [-0.2, 0) is 17.6 Å². The number of carbonyl (C=O) groups excluding carboxylic acids is 1. The van der Waals surface area contributed by atoms with Crippen LogP contribution in [0.1, 0.15) is 37.1 Å². The summed E-state index contributed by atoms with van der Waals surface area (Å²) in [5, 5.41) is 4.08. The second-order valence-corrected chi connectivity index (χ2v) is 8.93. The number of hydrogen-bond donors (Lipinski definition) is 1. The minimum atomic E-state index is 0.0155. The molecule has 0 spiro atoms. The Bertz CT molecular complexity index is 1020. The Morgan fingerprint density at radius 1 is 1.38 bits per heavy atom.